The third kappa shape index (κ3) is 41.6. The molecule has 12 atom stereocenters. The third-order valence-electron chi connectivity index (χ3n) is 22.6. The SMILES string of the molecule is CCCC[C@H](NC(=O)[C@H](CN)NC(=O)[C@H](Cc1c[nH]cn1)NC(=O)[C@H](CCC(N)=O)NC(=O)[C@H](CO)NC(=O)CNC(=O)COCCOCCNC(=O)CCCCCCCCCCCCCCC(=O)O)C(=O)N[C@H]1CCC(=O)NCCCC[C@@H](C(N)=O)NC(=O)[C@H](Cc2c[nH]c3ccccc23)NC(=O)[C@H](CCCNC(=N)N)NC(=O)[C@@H](Cc2ccccc2)NC(=O)[C@@H]2C[C@@H](O)CN2C1=O. The van der Waals surface area contributed by atoms with Gasteiger partial charge in [0.15, 0.2) is 5.96 Å². The van der Waals surface area contributed by atoms with Crippen molar-refractivity contribution in [2.45, 2.75) is 272 Å². The number of aliphatic hydroxyl groups is 2. The van der Waals surface area contributed by atoms with E-state index in [-0.39, 0.29) is 121 Å². The summed E-state index contributed by atoms with van der Waals surface area (Å²) >= 11 is 0. The number of nitrogens with two attached hydrogens (primary N) is 4. The van der Waals surface area contributed by atoms with Crippen molar-refractivity contribution in [3.05, 3.63) is 90.1 Å². The minimum absolute atomic E-state index is 0.0174. The molecule has 0 aliphatic carbocycles. The molecule has 134 heavy (non-hydrogen) atoms. The third-order valence-corrected chi connectivity index (χ3v) is 22.6. The van der Waals surface area contributed by atoms with E-state index in [2.05, 4.69) is 89.4 Å². The number of H-pyrrole nitrogens is 2. The average molecular weight is 1880 g/mol. The zero-order valence-electron chi connectivity index (χ0n) is 76.1. The van der Waals surface area contributed by atoms with Crippen LogP contribution in [-0.4, -0.2) is 286 Å². The van der Waals surface area contributed by atoms with Crippen molar-refractivity contribution in [1.82, 2.24) is 94.3 Å². The molecule has 4 heterocycles. The first-order valence-corrected chi connectivity index (χ1v) is 46.1. The molecule has 740 valence electrons. The standard InChI is InChI=1S/C89H137N23O22/c1-2-3-27-62(105-85(129)69(47-90)111-84(128)68(45-57-49-95-54-101-57)109-81(125)64(33-35-72(91)115)106-86(130)70(52-113)102-75(118)50-100-76(119)53-134-42-41-133-40-39-97-73(116)31-17-12-10-8-6-4-5-7-9-11-13-18-32-77(120)121)79(123)107-65-34-36-74(117)96-37-22-21-29-61(78(92)122)103-83(127)67(44-56-48-99-60-28-20-19-26-59(56)60)108-80(124)63(30-23-38-98-89(93)94)104-82(126)66(43-55-24-15-14-16-25-55)110-87(131)71-46-58(114)51-112(71)88(65)132/h14-16,19-20,24-26,28,48-49,54,58,61-71,99,113-114H,2-13,17-18,21-23,27,29-47,50-53,90H2,1H3,(H2,91,115)(H2,92,122)(H,95,101)(H,96,117)(H,97,116)(H,100,119)(H,102,118)(H,103,127)(H,104,126)(H,105,129)(H,106,130)(H,107,123)(H,108,124)(H,109,125)(H,110,131)(H,111,128)(H,120,121)(H4,93,94,98)/t58-,61+,62+,63+,64+,65+,66-,67+,68+,69+,70+,71+/m1/s1. The predicted octanol–water partition coefficient (Wildman–Crippen LogP) is -3.22. The number of hydrogen-bond acceptors (Lipinski definition) is 24. The van der Waals surface area contributed by atoms with Crippen LogP contribution in [0.25, 0.3) is 10.9 Å². The summed E-state index contributed by atoms with van der Waals surface area (Å²) in [5.41, 5.74) is 25.1. The van der Waals surface area contributed by atoms with Gasteiger partial charge in [-0.2, -0.15) is 0 Å². The lowest BCUT2D eigenvalue weighted by Crippen LogP contribution is -2.62. The molecule has 0 spiro atoms. The van der Waals surface area contributed by atoms with Gasteiger partial charge in [0.1, 0.15) is 73.1 Å². The van der Waals surface area contributed by atoms with Gasteiger partial charge in [0, 0.05) is 107 Å². The Balaban J connectivity index is 1.10. The number of carbonyl (C=O) groups is 17. The van der Waals surface area contributed by atoms with Gasteiger partial charge in [-0.1, -0.05) is 133 Å². The Bertz CT molecular complexity index is 4470. The number of ether oxygens (including phenoxy) is 2. The Labute approximate surface area is 777 Å². The number of aromatic nitrogens is 3. The Morgan fingerprint density at radius 2 is 1.19 bits per heavy atom. The molecule has 0 saturated carbocycles. The number of amides is 16. The van der Waals surface area contributed by atoms with E-state index in [9.17, 15) is 77.3 Å². The zero-order chi connectivity index (χ0) is 97.7. The van der Waals surface area contributed by atoms with E-state index in [1.807, 2.05) is 6.07 Å². The fourth-order valence-electron chi connectivity index (χ4n) is 15.2. The number of unbranched alkanes of at least 4 members (excludes halogenated alkanes) is 12. The first kappa shape index (κ1) is 110. The number of aliphatic hydroxyl groups excluding tert-OH is 2. The maximum absolute atomic E-state index is 15.3. The maximum Gasteiger partial charge on any atom is 0.303 e. The molecule has 45 heteroatoms. The minimum atomic E-state index is -1.77. The number of primary amides is 2. The van der Waals surface area contributed by atoms with Crippen LogP contribution in [-0.2, 0) is 110 Å². The first-order valence-electron chi connectivity index (χ1n) is 46.1. The second-order valence-corrected chi connectivity index (χ2v) is 33.3. The summed E-state index contributed by atoms with van der Waals surface area (Å²) < 4.78 is 10.8. The summed E-state index contributed by atoms with van der Waals surface area (Å²) in [6.45, 7) is -1.11. The van der Waals surface area contributed by atoms with Crippen molar-refractivity contribution in [3.8, 4) is 0 Å². The number of nitrogens with zero attached hydrogens (tertiary/aromatic N) is 2. The molecule has 2 aliphatic heterocycles. The van der Waals surface area contributed by atoms with E-state index in [1.165, 1.54) is 18.9 Å². The molecule has 2 aromatic heterocycles. The van der Waals surface area contributed by atoms with Gasteiger partial charge < -0.3 is 137 Å². The highest BCUT2D eigenvalue weighted by Gasteiger charge is 2.44. The number of benzene rings is 2. The van der Waals surface area contributed by atoms with Crippen LogP contribution in [0, 0.1) is 5.41 Å². The van der Waals surface area contributed by atoms with Crippen molar-refractivity contribution < 1.29 is 106 Å². The van der Waals surface area contributed by atoms with E-state index in [4.69, 9.17) is 42.9 Å². The molecule has 16 amide bonds. The quantitative estimate of drug-likeness (QED) is 0.0117. The number of aromatic amines is 2. The second kappa shape index (κ2) is 61.1. The number of para-hydroxylation sites is 1. The van der Waals surface area contributed by atoms with Crippen LogP contribution in [0.4, 0.5) is 0 Å². The molecule has 6 rings (SSSR count). The molecular weight excluding hydrogens is 1740 g/mol. The van der Waals surface area contributed by atoms with Gasteiger partial charge >= 0.3 is 5.97 Å². The number of carboxylic acids is 1. The van der Waals surface area contributed by atoms with E-state index >= 15 is 14.4 Å². The maximum atomic E-state index is 15.3. The number of carboxylic acid groups (broad SMARTS) is 1. The van der Waals surface area contributed by atoms with E-state index in [0.717, 1.165) is 86.4 Å². The smallest absolute Gasteiger partial charge is 0.303 e. The molecule has 28 N–H and O–H groups in total. The summed E-state index contributed by atoms with van der Waals surface area (Å²) in [6.07, 6.45) is 13.6. The summed E-state index contributed by atoms with van der Waals surface area (Å²) in [5.74, 6) is -15.4. The van der Waals surface area contributed by atoms with Crippen LogP contribution < -0.4 is 97.4 Å². The number of carbonyl (C=O) groups excluding carboxylic acids is 16. The molecule has 2 aliphatic rings. The average Bonchev–Trinajstić information content (AvgIpc) is 1.65. The highest BCUT2D eigenvalue weighted by atomic mass is 16.5. The van der Waals surface area contributed by atoms with Crippen LogP contribution in [0.2, 0.25) is 0 Å². The van der Waals surface area contributed by atoms with Crippen molar-refractivity contribution in [1.29, 1.82) is 5.41 Å². The Morgan fingerprint density at radius 1 is 0.590 bits per heavy atom. The van der Waals surface area contributed by atoms with Gasteiger partial charge in [-0.3, -0.25) is 86.9 Å². The van der Waals surface area contributed by atoms with Crippen LogP contribution in [0.5, 0.6) is 0 Å². The lowest BCUT2D eigenvalue weighted by Gasteiger charge is -2.31. The molecule has 45 nitrogen and oxygen atoms in total. The Hall–Kier alpha value is -12.8. The highest BCUT2D eigenvalue weighted by molar-refractivity contribution is 6.01. The molecule has 2 saturated heterocycles. The van der Waals surface area contributed by atoms with E-state index < -0.39 is 239 Å². The molecule has 2 aromatic carbocycles. The lowest BCUT2D eigenvalue weighted by atomic mass is 10.0. The number of rotatable bonds is 55. The number of hydrogen-bond donors (Lipinski definition) is 24. The second-order valence-electron chi connectivity index (χ2n) is 33.3. The fourth-order valence-corrected chi connectivity index (χ4v) is 15.2. The summed E-state index contributed by atoms with van der Waals surface area (Å²) in [5, 5.41) is 75.0. The van der Waals surface area contributed by atoms with Crippen molar-refractivity contribution >= 4 is 117 Å². The van der Waals surface area contributed by atoms with Gasteiger partial charge in [0.25, 0.3) is 0 Å². The molecule has 4 aromatic rings. The van der Waals surface area contributed by atoms with Crippen LogP contribution >= 0.6 is 0 Å². The molecule has 0 unspecified atom stereocenters. The van der Waals surface area contributed by atoms with Gasteiger partial charge in [0.2, 0.25) is 94.5 Å². The highest BCUT2D eigenvalue weighted by Crippen LogP contribution is 2.24. The Morgan fingerprint density at radius 3 is 1.85 bits per heavy atom. The normalized spacial score (nSPS) is 18.8. The van der Waals surface area contributed by atoms with Crippen molar-refractivity contribution in [2.24, 2.45) is 22.9 Å². The summed E-state index contributed by atoms with van der Waals surface area (Å²) in [7, 11) is 0. The lowest BCUT2D eigenvalue weighted by molar-refractivity contribution is -0.143. The molecular formula is C89H137N23O22. The van der Waals surface area contributed by atoms with Gasteiger partial charge in [0.05, 0.1) is 51.1 Å². The van der Waals surface area contributed by atoms with Gasteiger partial charge in [-0.05, 0) is 81.4 Å². The van der Waals surface area contributed by atoms with E-state index in [0.29, 0.717) is 24.0 Å². The number of nitrogens with one attached hydrogen (secondary N) is 17. The number of imidazole rings is 1. The van der Waals surface area contributed by atoms with Crippen molar-refractivity contribution in [2.75, 3.05) is 72.3 Å². The van der Waals surface area contributed by atoms with Gasteiger partial charge in [-0.25, -0.2) is 4.98 Å². The largest absolute Gasteiger partial charge is 0.481 e. The molecule has 0 radical (unpaired) electrons. The number of guanidine groups is 1. The van der Waals surface area contributed by atoms with Crippen LogP contribution in [0.3, 0.4) is 0 Å². The van der Waals surface area contributed by atoms with Crippen LogP contribution in [0.15, 0.2) is 73.3 Å². The van der Waals surface area contributed by atoms with Gasteiger partial charge in [-0.15, -0.1) is 0 Å². The summed E-state index contributed by atoms with van der Waals surface area (Å²) in [6, 6.07) is -1.81. The predicted molar refractivity (Wildman–Crippen MR) is 488 cm³/mol. The molecule has 2 fully saturated rings. The summed E-state index contributed by atoms with van der Waals surface area (Å²) in [4.78, 5) is 246. The first-order chi connectivity index (χ1) is 64.4. The van der Waals surface area contributed by atoms with E-state index in [1.54, 1.807) is 61.7 Å². The Kier molecular flexibility index (Phi) is 50.2. The van der Waals surface area contributed by atoms with Crippen LogP contribution in [0.1, 0.15) is 197 Å². The number of aliphatic carboxylic acids is 1. The van der Waals surface area contributed by atoms with Crippen molar-refractivity contribution in [3.63, 3.8) is 0 Å². The minimum Gasteiger partial charge on any atom is -0.481 e. The topological polar surface area (TPSA) is 713 Å². The monoisotopic (exact) mass is 1880 g/mol. The molecule has 0 bridgehead atoms. The number of fused-ring (bicyclic) bond motifs is 2. The zero-order valence-corrected chi connectivity index (χ0v) is 76.1. The fraction of sp³-hybridized carbons (Fsp3) is 0.607.